The van der Waals surface area contributed by atoms with E-state index in [0.29, 0.717) is 34.0 Å². The van der Waals surface area contributed by atoms with E-state index in [4.69, 9.17) is 32.7 Å². The summed E-state index contributed by atoms with van der Waals surface area (Å²) in [6, 6.07) is 13.9. The van der Waals surface area contributed by atoms with Gasteiger partial charge in [0.2, 0.25) is 0 Å². The number of hydrogen-bond donors (Lipinski definition) is 0. The molecule has 3 fully saturated rings. The molecule has 0 amide bonds. The average molecular weight is 487 g/mol. The van der Waals surface area contributed by atoms with Crippen LogP contribution in [0.3, 0.4) is 0 Å². The van der Waals surface area contributed by atoms with E-state index in [2.05, 4.69) is 0 Å². The molecule has 0 unspecified atom stereocenters. The Morgan fingerprint density at radius 1 is 0.727 bits per heavy atom. The van der Waals surface area contributed by atoms with Crippen LogP contribution in [0.2, 0.25) is 10.0 Å². The lowest BCUT2D eigenvalue weighted by molar-refractivity contribution is -0.275. The maximum atomic E-state index is 14.0. The standard InChI is InChI=1S/C26H24Cl2O5/c27-18-8-4-6-16(12-18)21-14-20(29)15-22(17-7-5-9-19(28)13-17)26(21)23(30)32-25(33-24(26)31)10-2-1-3-11-25/h4-9,12-13,21-22H,1-3,10-11,14-15H2/t21-,22+. The van der Waals surface area contributed by atoms with Crippen molar-refractivity contribution in [3.05, 3.63) is 69.7 Å². The number of hydrogen-bond acceptors (Lipinski definition) is 5. The van der Waals surface area contributed by atoms with E-state index >= 15 is 0 Å². The molecule has 2 aliphatic carbocycles. The van der Waals surface area contributed by atoms with Gasteiger partial charge in [0.15, 0.2) is 5.41 Å². The zero-order valence-corrected chi connectivity index (χ0v) is 19.5. The van der Waals surface area contributed by atoms with Gasteiger partial charge in [0, 0.05) is 47.6 Å². The topological polar surface area (TPSA) is 69.7 Å². The van der Waals surface area contributed by atoms with Crippen LogP contribution < -0.4 is 0 Å². The van der Waals surface area contributed by atoms with E-state index in [1.165, 1.54) is 0 Å². The van der Waals surface area contributed by atoms with E-state index in [9.17, 15) is 14.4 Å². The molecule has 3 aliphatic rings. The number of carbonyl (C=O) groups is 3. The van der Waals surface area contributed by atoms with E-state index < -0.39 is 35.0 Å². The summed E-state index contributed by atoms with van der Waals surface area (Å²) in [6.07, 6.45) is 3.67. The van der Waals surface area contributed by atoms with Crippen molar-refractivity contribution in [3.8, 4) is 0 Å². The molecule has 5 nitrogen and oxygen atoms in total. The first kappa shape index (κ1) is 22.4. The first-order valence-electron chi connectivity index (χ1n) is 11.3. The molecule has 1 aliphatic heterocycles. The molecule has 2 aromatic rings. The van der Waals surface area contributed by atoms with E-state index in [1.54, 1.807) is 48.5 Å². The Labute approximate surface area is 202 Å². The average Bonchev–Trinajstić information content (AvgIpc) is 2.78. The third kappa shape index (κ3) is 3.75. The maximum absolute atomic E-state index is 14.0. The number of ketones is 1. The van der Waals surface area contributed by atoms with Crippen molar-refractivity contribution in [2.24, 2.45) is 5.41 Å². The second-order valence-corrected chi connectivity index (χ2v) is 10.2. The smallest absolute Gasteiger partial charge is 0.328 e. The highest BCUT2D eigenvalue weighted by Crippen LogP contribution is 2.59. The van der Waals surface area contributed by atoms with Crippen molar-refractivity contribution in [2.45, 2.75) is 62.6 Å². The van der Waals surface area contributed by atoms with Gasteiger partial charge in [0.1, 0.15) is 5.78 Å². The molecule has 7 heteroatoms. The molecule has 0 N–H and O–H groups in total. The Balaban J connectivity index is 1.69. The van der Waals surface area contributed by atoms with Crippen LogP contribution in [-0.4, -0.2) is 23.5 Å². The first-order chi connectivity index (χ1) is 15.8. The molecule has 33 heavy (non-hydrogen) atoms. The molecule has 0 bridgehead atoms. The minimum absolute atomic E-state index is 0.0224. The molecule has 2 aromatic carbocycles. The lowest BCUT2D eigenvalue weighted by atomic mass is 9.55. The van der Waals surface area contributed by atoms with Gasteiger partial charge in [-0.25, -0.2) is 0 Å². The SMILES string of the molecule is O=C1C[C@H](c2cccc(Cl)c2)C2(C(=O)OC3(CCCCC3)OC2=O)[C@H](c2cccc(Cl)c2)C1. The number of halogens is 2. The zero-order chi connectivity index (χ0) is 23.2. The van der Waals surface area contributed by atoms with Crippen molar-refractivity contribution in [2.75, 3.05) is 0 Å². The summed E-state index contributed by atoms with van der Waals surface area (Å²) < 4.78 is 12.0. The van der Waals surface area contributed by atoms with Crippen molar-refractivity contribution in [1.29, 1.82) is 0 Å². The molecule has 5 rings (SSSR count). The van der Waals surface area contributed by atoms with Crippen LogP contribution in [0.15, 0.2) is 48.5 Å². The molecule has 2 spiro atoms. The van der Waals surface area contributed by atoms with Crippen LogP contribution in [0.1, 0.15) is 67.9 Å². The van der Waals surface area contributed by atoms with E-state index in [-0.39, 0.29) is 18.6 Å². The van der Waals surface area contributed by atoms with Gasteiger partial charge in [-0.2, -0.15) is 0 Å². The van der Waals surface area contributed by atoms with Crippen LogP contribution in [0, 0.1) is 5.41 Å². The number of ether oxygens (including phenoxy) is 2. The first-order valence-corrected chi connectivity index (χ1v) is 12.1. The maximum Gasteiger partial charge on any atom is 0.328 e. The Bertz CT molecular complexity index is 1040. The zero-order valence-electron chi connectivity index (χ0n) is 18.0. The molecule has 1 heterocycles. The highest BCUT2D eigenvalue weighted by Gasteiger charge is 2.68. The van der Waals surface area contributed by atoms with Gasteiger partial charge in [0.05, 0.1) is 0 Å². The minimum Gasteiger partial charge on any atom is -0.422 e. The minimum atomic E-state index is -1.70. The van der Waals surface area contributed by atoms with Gasteiger partial charge in [-0.1, -0.05) is 53.9 Å². The van der Waals surface area contributed by atoms with Crippen LogP contribution in [0.25, 0.3) is 0 Å². The number of esters is 2. The summed E-state index contributed by atoms with van der Waals surface area (Å²) in [7, 11) is 0. The Morgan fingerprint density at radius 3 is 1.67 bits per heavy atom. The lowest BCUT2D eigenvalue weighted by Crippen LogP contribution is -2.62. The number of benzene rings is 2. The molecule has 2 atom stereocenters. The number of carbonyl (C=O) groups excluding carboxylic acids is 3. The second kappa shape index (κ2) is 8.44. The predicted octanol–water partition coefficient (Wildman–Crippen LogP) is 5.97. The highest BCUT2D eigenvalue weighted by atomic mass is 35.5. The number of Topliss-reactive ketones (excluding diaryl/α,β-unsaturated/α-hetero) is 1. The van der Waals surface area contributed by atoms with Gasteiger partial charge in [-0.3, -0.25) is 14.4 Å². The molecule has 172 valence electrons. The monoisotopic (exact) mass is 486 g/mol. The quantitative estimate of drug-likeness (QED) is 0.386. The lowest BCUT2D eigenvalue weighted by Gasteiger charge is -2.52. The van der Waals surface area contributed by atoms with Crippen molar-refractivity contribution in [1.82, 2.24) is 0 Å². The van der Waals surface area contributed by atoms with Gasteiger partial charge in [-0.05, 0) is 48.2 Å². The summed E-state index contributed by atoms with van der Waals surface area (Å²) in [6.45, 7) is 0. The second-order valence-electron chi connectivity index (χ2n) is 9.28. The van der Waals surface area contributed by atoms with E-state index in [0.717, 1.165) is 19.3 Å². The Hall–Kier alpha value is -2.37. The summed E-state index contributed by atoms with van der Waals surface area (Å²) in [4.78, 5) is 41.0. The predicted molar refractivity (Wildman–Crippen MR) is 123 cm³/mol. The summed E-state index contributed by atoms with van der Waals surface area (Å²) in [5.74, 6) is -4.03. The molecule has 1 saturated heterocycles. The van der Waals surface area contributed by atoms with Crippen LogP contribution in [0.5, 0.6) is 0 Å². The third-order valence-corrected chi connectivity index (χ3v) is 7.78. The molecule has 0 radical (unpaired) electrons. The van der Waals surface area contributed by atoms with E-state index in [1.807, 2.05) is 0 Å². The Kier molecular flexibility index (Phi) is 5.74. The Morgan fingerprint density at radius 2 is 1.21 bits per heavy atom. The summed E-state index contributed by atoms with van der Waals surface area (Å²) in [5, 5.41) is 0.919. The fraction of sp³-hybridized carbons (Fsp3) is 0.423. The molecular formula is C26H24Cl2O5. The molecule has 0 aromatic heterocycles. The summed E-state index contributed by atoms with van der Waals surface area (Å²) >= 11 is 12.5. The van der Waals surface area contributed by atoms with Crippen LogP contribution in [-0.2, 0) is 23.9 Å². The van der Waals surface area contributed by atoms with Gasteiger partial charge >= 0.3 is 11.9 Å². The fourth-order valence-corrected chi connectivity index (χ4v) is 6.18. The molecular weight excluding hydrogens is 463 g/mol. The number of rotatable bonds is 2. The van der Waals surface area contributed by atoms with Crippen molar-refractivity contribution >= 4 is 40.9 Å². The highest BCUT2D eigenvalue weighted by molar-refractivity contribution is 6.31. The van der Waals surface area contributed by atoms with Crippen molar-refractivity contribution in [3.63, 3.8) is 0 Å². The molecule has 2 saturated carbocycles. The normalized spacial score (nSPS) is 26.2. The fourth-order valence-electron chi connectivity index (χ4n) is 5.79. The third-order valence-electron chi connectivity index (χ3n) is 7.31. The van der Waals surface area contributed by atoms with Crippen molar-refractivity contribution < 1.29 is 23.9 Å². The largest absolute Gasteiger partial charge is 0.422 e. The van der Waals surface area contributed by atoms with Gasteiger partial charge in [0.25, 0.3) is 5.79 Å². The van der Waals surface area contributed by atoms with Crippen LogP contribution in [0.4, 0.5) is 0 Å². The van der Waals surface area contributed by atoms with Gasteiger partial charge < -0.3 is 9.47 Å². The van der Waals surface area contributed by atoms with Gasteiger partial charge in [-0.15, -0.1) is 0 Å². The summed E-state index contributed by atoms with van der Waals surface area (Å²) in [5.41, 5.74) is -0.432. The van der Waals surface area contributed by atoms with Crippen LogP contribution >= 0.6 is 23.2 Å².